The topological polar surface area (TPSA) is 26.3 Å². The standard InChI is InChI=1S/C25H26O2S/c1-20(26)18-28-19-24(23-10-6-3-7-11-23)16-21-12-14-25(15-13-21)27-17-22-8-4-2-5-9-22/h2-15,24H,16-19H2,1H3. The minimum atomic E-state index is 0.233. The number of carbonyl (C=O) groups excluding carboxylic acids is 1. The summed E-state index contributed by atoms with van der Waals surface area (Å²) >= 11 is 1.72. The fraction of sp³-hybridized carbons (Fsp3) is 0.240. The third-order valence-electron chi connectivity index (χ3n) is 4.55. The Kier molecular flexibility index (Phi) is 7.74. The van der Waals surface area contributed by atoms with Crippen molar-refractivity contribution in [2.45, 2.75) is 25.9 Å². The highest BCUT2D eigenvalue weighted by molar-refractivity contribution is 7.99. The van der Waals surface area contributed by atoms with E-state index in [1.54, 1.807) is 18.7 Å². The summed E-state index contributed by atoms with van der Waals surface area (Å²) in [5.74, 6) is 3.03. The average Bonchev–Trinajstić information content (AvgIpc) is 2.73. The molecule has 1 unspecified atom stereocenters. The molecule has 0 spiro atoms. The van der Waals surface area contributed by atoms with Crippen LogP contribution in [0, 0.1) is 0 Å². The van der Waals surface area contributed by atoms with E-state index in [-0.39, 0.29) is 5.78 Å². The second-order valence-electron chi connectivity index (χ2n) is 6.95. The van der Waals surface area contributed by atoms with Gasteiger partial charge in [-0.05, 0) is 48.1 Å². The predicted octanol–water partition coefficient (Wildman–Crippen LogP) is 5.91. The largest absolute Gasteiger partial charge is 0.489 e. The van der Waals surface area contributed by atoms with E-state index in [0.717, 1.165) is 17.9 Å². The second kappa shape index (κ2) is 10.7. The number of benzene rings is 3. The highest BCUT2D eigenvalue weighted by atomic mass is 32.2. The lowest BCUT2D eigenvalue weighted by molar-refractivity contribution is -0.114. The molecule has 144 valence electrons. The molecule has 28 heavy (non-hydrogen) atoms. The fourth-order valence-electron chi connectivity index (χ4n) is 3.09. The van der Waals surface area contributed by atoms with Crippen molar-refractivity contribution >= 4 is 17.5 Å². The number of thioether (sulfide) groups is 1. The fourth-order valence-corrected chi connectivity index (χ4v) is 4.09. The molecule has 0 heterocycles. The van der Waals surface area contributed by atoms with Crippen molar-refractivity contribution in [3.63, 3.8) is 0 Å². The van der Waals surface area contributed by atoms with Gasteiger partial charge in [-0.2, -0.15) is 11.8 Å². The van der Waals surface area contributed by atoms with Crippen LogP contribution in [0.3, 0.4) is 0 Å². The highest BCUT2D eigenvalue weighted by Gasteiger charge is 2.13. The normalized spacial score (nSPS) is 11.8. The van der Waals surface area contributed by atoms with E-state index in [0.29, 0.717) is 18.3 Å². The number of hydrogen-bond acceptors (Lipinski definition) is 3. The summed E-state index contributed by atoms with van der Waals surface area (Å²) in [4.78, 5) is 11.3. The monoisotopic (exact) mass is 390 g/mol. The van der Waals surface area contributed by atoms with Gasteiger partial charge in [0.15, 0.2) is 0 Å². The molecule has 0 aliphatic carbocycles. The molecule has 1 atom stereocenters. The van der Waals surface area contributed by atoms with Crippen molar-refractivity contribution in [1.29, 1.82) is 0 Å². The van der Waals surface area contributed by atoms with Crippen LogP contribution in [0.4, 0.5) is 0 Å². The molecule has 0 radical (unpaired) electrons. The molecule has 3 aromatic rings. The van der Waals surface area contributed by atoms with E-state index in [4.69, 9.17) is 4.74 Å². The highest BCUT2D eigenvalue weighted by Crippen LogP contribution is 2.26. The maximum atomic E-state index is 11.3. The van der Waals surface area contributed by atoms with Crippen LogP contribution in [0.25, 0.3) is 0 Å². The van der Waals surface area contributed by atoms with Crippen LogP contribution in [0.15, 0.2) is 84.9 Å². The van der Waals surface area contributed by atoms with Gasteiger partial charge < -0.3 is 4.74 Å². The zero-order valence-electron chi connectivity index (χ0n) is 16.2. The lowest BCUT2D eigenvalue weighted by Gasteiger charge is -2.17. The Balaban J connectivity index is 1.61. The Morgan fingerprint density at radius 2 is 1.50 bits per heavy atom. The van der Waals surface area contributed by atoms with E-state index in [1.165, 1.54) is 16.7 Å². The van der Waals surface area contributed by atoms with Crippen LogP contribution in [0.5, 0.6) is 5.75 Å². The van der Waals surface area contributed by atoms with E-state index in [1.807, 2.05) is 36.4 Å². The number of hydrogen-bond donors (Lipinski definition) is 0. The van der Waals surface area contributed by atoms with E-state index >= 15 is 0 Å². The Hall–Kier alpha value is -2.52. The van der Waals surface area contributed by atoms with Crippen LogP contribution in [0.2, 0.25) is 0 Å². The van der Waals surface area contributed by atoms with E-state index in [9.17, 15) is 4.79 Å². The summed E-state index contributed by atoms with van der Waals surface area (Å²) in [5, 5.41) is 0. The van der Waals surface area contributed by atoms with Gasteiger partial charge in [0.05, 0.1) is 5.75 Å². The van der Waals surface area contributed by atoms with Gasteiger partial charge in [-0.3, -0.25) is 4.79 Å². The van der Waals surface area contributed by atoms with Gasteiger partial charge in [-0.1, -0.05) is 72.8 Å². The smallest absolute Gasteiger partial charge is 0.139 e. The van der Waals surface area contributed by atoms with Crippen LogP contribution in [0.1, 0.15) is 29.5 Å². The van der Waals surface area contributed by atoms with Crippen LogP contribution >= 0.6 is 11.8 Å². The van der Waals surface area contributed by atoms with Gasteiger partial charge in [-0.15, -0.1) is 0 Å². The van der Waals surface area contributed by atoms with Crippen LogP contribution in [-0.2, 0) is 17.8 Å². The number of carbonyl (C=O) groups is 1. The molecule has 0 aliphatic rings. The predicted molar refractivity (Wildman–Crippen MR) is 118 cm³/mol. The maximum absolute atomic E-state index is 11.3. The Morgan fingerprint density at radius 1 is 0.857 bits per heavy atom. The molecular formula is C25H26O2S. The first kappa shape index (κ1) is 20.2. The van der Waals surface area contributed by atoms with Gasteiger partial charge in [0.1, 0.15) is 18.1 Å². The van der Waals surface area contributed by atoms with E-state index in [2.05, 4.69) is 48.5 Å². The summed E-state index contributed by atoms with van der Waals surface area (Å²) < 4.78 is 5.89. The van der Waals surface area contributed by atoms with Crippen molar-refractivity contribution in [3.05, 3.63) is 102 Å². The SMILES string of the molecule is CC(=O)CSCC(Cc1ccc(OCc2ccccc2)cc1)c1ccccc1. The molecule has 3 rings (SSSR count). The molecular weight excluding hydrogens is 364 g/mol. The molecule has 0 aliphatic heterocycles. The lowest BCUT2D eigenvalue weighted by atomic mass is 9.93. The third kappa shape index (κ3) is 6.58. The summed E-state index contributed by atoms with van der Waals surface area (Å²) in [7, 11) is 0. The van der Waals surface area contributed by atoms with Crippen molar-refractivity contribution in [2.24, 2.45) is 0 Å². The van der Waals surface area contributed by atoms with Gasteiger partial charge >= 0.3 is 0 Å². The molecule has 3 aromatic carbocycles. The number of Topliss-reactive ketones (excluding diaryl/α,β-unsaturated/α-hetero) is 1. The average molecular weight is 391 g/mol. The molecule has 0 aromatic heterocycles. The van der Waals surface area contributed by atoms with Crippen LogP contribution < -0.4 is 4.74 Å². The van der Waals surface area contributed by atoms with Crippen molar-refractivity contribution in [2.75, 3.05) is 11.5 Å². The van der Waals surface area contributed by atoms with Gasteiger partial charge in [-0.25, -0.2) is 0 Å². The Morgan fingerprint density at radius 3 is 2.14 bits per heavy atom. The maximum Gasteiger partial charge on any atom is 0.139 e. The van der Waals surface area contributed by atoms with E-state index < -0.39 is 0 Å². The van der Waals surface area contributed by atoms with Crippen molar-refractivity contribution in [1.82, 2.24) is 0 Å². The Bertz CT molecular complexity index is 845. The first-order valence-corrected chi connectivity index (χ1v) is 10.7. The van der Waals surface area contributed by atoms with Crippen LogP contribution in [-0.4, -0.2) is 17.3 Å². The molecule has 0 amide bonds. The van der Waals surface area contributed by atoms with Gasteiger partial charge in [0.2, 0.25) is 0 Å². The molecule has 0 saturated carbocycles. The number of rotatable bonds is 10. The third-order valence-corrected chi connectivity index (χ3v) is 5.80. The Labute approximate surface area is 171 Å². The molecule has 0 fully saturated rings. The van der Waals surface area contributed by atoms with Crippen molar-refractivity contribution < 1.29 is 9.53 Å². The number of ether oxygens (including phenoxy) is 1. The molecule has 0 bridgehead atoms. The quantitative estimate of drug-likeness (QED) is 0.430. The molecule has 0 N–H and O–H groups in total. The lowest BCUT2D eigenvalue weighted by Crippen LogP contribution is -2.08. The molecule has 2 nitrogen and oxygen atoms in total. The zero-order chi connectivity index (χ0) is 19.6. The summed E-state index contributed by atoms with van der Waals surface area (Å²) in [5.41, 5.74) is 3.77. The minimum absolute atomic E-state index is 0.233. The minimum Gasteiger partial charge on any atom is -0.489 e. The first-order chi connectivity index (χ1) is 13.7. The summed E-state index contributed by atoms with van der Waals surface area (Å²) in [6.07, 6.45) is 0.952. The summed E-state index contributed by atoms with van der Waals surface area (Å²) in [6.45, 7) is 2.23. The second-order valence-corrected chi connectivity index (χ2v) is 7.98. The first-order valence-electron chi connectivity index (χ1n) is 9.58. The molecule has 3 heteroatoms. The van der Waals surface area contributed by atoms with Gasteiger partial charge in [0.25, 0.3) is 0 Å². The zero-order valence-corrected chi connectivity index (χ0v) is 17.0. The summed E-state index contributed by atoms with van der Waals surface area (Å²) in [6, 6.07) is 29.1. The van der Waals surface area contributed by atoms with Gasteiger partial charge in [0, 0.05) is 5.75 Å². The molecule has 0 saturated heterocycles. The van der Waals surface area contributed by atoms with Crippen molar-refractivity contribution in [3.8, 4) is 5.75 Å². The number of ketones is 1.